The van der Waals surface area contributed by atoms with E-state index in [9.17, 15) is 4.79 Å². The molecule has 2 aromatic rings. The molecule has 0 bridgehead atoms. The molecule has 1 amide bonds. The van der Waals surface area contributed by atoms with E-state index in [2.05, 4.69) is 34.9 Å². The number of benzene rings is 2. The molecule has 2 aromatic carbocycles. The Morgan fingerprint density at radius 2 is 1.86 bits per heavy atom. The Hall–Kier alpha value is -2.29. The largest absolute Gasteiger partial charge is 0.384 e. The highest BCUT2D eigenvalue weighted by Crippen LogP contribution is 2.17. The molecule has 0 aromatic heterocycles. The molecule has 2 N–H and O–H groups in total. The number of carbonyl (C=O) groups excluding carboxylic acids is 1. The van der Waals surface area contributed by atoms with Gasteiger partial charge in [0.15, 0.2) is 0 Å². The number of nitrogens with one attached hydrogen (secondary N) is 2. The van der Waals surface area contributed by atoms with Gasteiger partial charge in [0.1, 0.15) is 0 Å². The van der Waals surface area contributed by atoms with Gasteiger partial charge in [0.25, 0.3) is 5.91 Å². The highest BCUT2D eigenvalue weighted by Gasteiger charge is 2.06. The summed E-state index contributed by atoms with van der Waals surface area (Å²) in [6.07, 6.45) is 0.964. The lowest BCUT2D eigenvalue weighted by Crippen LogP contribution is -2.22. The third kappa shape index (κ3) is 4.35. The minimum absolute atomic E-state index is 0.0244. The summed E-state index contributed by atoms with van der Waals surface area (Å²) in [5.41, 5.74) is 4.18. The zero-order chi connectivity index (χ0) is 15.1. The van der Waals surface area contributed by atoms with Gasteiger partial charge in [0.2, 0.25) is 0 Å². The average Bonchev–Trinajstić information content (AvgIpc) is 2.50. The van der Waals surface area contributed by atoms with Crippen molar-refractivity contribution in [2.24, 2.45) is 0 Å². The van der Waals surface area contributed by atoms with Gasteiger partial charge in [-0.3, -0.25) is 4.79 Å². The molecule has 3 nitrogen and oxygen atoms in total. The van der Waals surface area contributed by atoms with Gasteiger partial charge in [-0.1, -0.05) is 36.4 Å². The van der Waals surface area contributed by atoms with Crippen LogP contribution in [0.2, 0.25) is 0 Å². The van der Waals surface area contributed by atoms with E-state index in [0.717, 1.165) is 24.2 Å². The Bertz CT molecular complexity index is 593. The standard InChI is InChI=1S/C18H22N2O/c1-3-19-18(21)16-10-9-14(2)17(13-16)20-12-11-15-7-5-4-6-8-15/h4-10,13,20H,3,11-12H2,1-2H3,(H,19,21). The lowest BCUT2D eigenvalue weighted by molar-refractivity contribution is 0.0956. The third-order valence-corrected chi connectivity index (χ3v) is 3.41. The van der Waals surface area contributed by atoms with Crippen molar-refractivity contribution in [3.05, 3.63) is 65.2 Å². The molecule has 0 aliphatic rings. The zero-order valence-electron chi connectivity index (χ0n) is 12.6. The van der Waals surface area contributed by atoms with Crippen LogP contribution in [0.4, 0.5) is 5.69 Å². The normalized spacial score (nSPS) is 10.2. The van der Waals surface area contributed by atoms with E-state index in [1.807, 2.05) is 38.1 Å². The Labute approximate surface area is 126 Å². The van der Waals surface area contributed by atoms with Crippen LogP contribution in [0.25, 0.3) is 0 Å². The van der Waals surface area contributed by atoms with Gasteiger partial charge in [0, 0.05) is 24.3 Å². The van der Waals surface area contributed by atoms with Crippen molar-refractivity contribution in [3.8, 4) is 0 Å². The van der Waals surface area contributed by atoms with Gasteiger partial charge in [-0.2, -0.15) is 0 Å². The van der Waals surface area contributed by atoms with Gasteiger partial charge in [-0.05, 0) is 43.5 Å². The molecule has 0 spiro atoms. The number of hydrogen-bond donors (Lipinski definition) is 2. The number of carbonyl (C=O) groups is 1. The summed E-state index contributed by atoms with van der Waals surface area (Å²) in [6.45, 7) is 5.46. The van der Waals surface area contributed by atoms with E-state index in [1.54, 1.807) is 0 Å². The van der Waals surface area contributed by atoms with Crippen LogP contribution in [0.1, 0.15) is 28.4 Å². The van der Waals surface area contributed by atoms with Crippen molar-refractivity contribution in [1.82, 2.24) is 5.32 Å². The second-order valence-corrected chi connectivity index (χ2v) is 5.05. The summed E-state index contributed by atoms with van der Waals surface area (Å²) in [4.78, 5) is 11.9. The zero-order valence-corrected chi connectivity index (χ0v) is 12.6. The fourth-order valence-electron chi connectivity index (χ4n) is 2.20. The molecule has 0 saturated heterocycles. The highest BCUT2D eigenvalue weighted by atomic mass is 16.1. The molecule has 0 unspecified atom stereocenters. The first kappa shape index (κ1) is 15.1. The average molecular weight is 282 g/mol. The molecule has 0 radical (unpaired) electrons. The van der Waals surface area contributed by atoms with Crippen LogP contribution in [0, 0.1) is 6.92 Å². The summed E-state index contributed by atoms with van der Waals surface area (Å²) >= 11 is 0. The maximum atomic E-state index is 11.9. The molecule has 0 heterocycles. The van der Waals surface area contributed by atoms with Crippen LogP contribution >= 0.6 is 0 Å². The van der Waals surface area contributed by atoms with Gasteiger partial charge in [0.05, 0.1) is 0 Å². The Morgan fingerprint density at radius 1 is 1.10 bits per heavy atom. The van der Waals surface area contributed by atoms with E-state index in [0.29, 0.717) is 12.1 Å². The molecule has 0 fully saturated rings. The first-order valence-electron chi connectivity index (χ1n) is 7.37. The first-order chi connectivity index (χ1) is 10.2. The van der Waals surface area contributed by atoms with Crippen molar-refractivity contribution in [2.45, 2.75) is 20.3 Å². The summed E-state index contributed by atoms with van der Waals surface area (Å²) in [5.74, 6) is -0.0244. The monoisotopic (exact) mass is 282 g/mol. The van der Waals surface area contributed by atoms with Crippen LogP contribution in [-0.2, 0) is 6.42 Å². The molecular weight excluding hydrogens is 260 g/mol. The van der Waals surface area contributed by atoms with Gasteiger partial charge in [-0.25, -0.2) is 0 Å². The topological polar surface area (TPSA) is 41.1 Å². The van der Waals surface area contributed by atoms with Crippen molar-refractivity contribution in [3.63, 3.8) is 0 Å². The Kier molecular flexibility index (Phi) is 5.38. The van der Waals surface area contributed by atoms with Crippen LogP contribution in [0.5, 0.6) is 0 Å². The van der Waals surface area contributed by atoms with E-state index < -0.39 is 0 Å². The summed E-state index contributed by atoms with van der Waals surface area (Å²) in [5, 5.41) is 6.24. The molecule has 2 rings (SSSR count). The number of anilines is 1. The maximum absolute atomic E-state index is 11.9. The Balaban J connectivity index is 1.99. The summed E-state index contributed by atoms with van der Waals surface area (Å²) in [7, 11) is 0. The van der Waals surface area contributed by atoms with E-state index in [4.69, 9.17) is 0 Å². The molecule has 0 saturated carbocycles. The van der Waals surface area contributed by atoms with Crippen molar-refractivity contribution >= 4 is 11.6 Å². The molecule has 0 aliphatic carbocycles. The number of aryl methyl sites for hydroxylation is 1. The molecule has 3 heteroatoms. The number of rotatable bonds is 6. The van der Waals surface area contributed by atoms with Crippen molar-refractivity contribution in [2.75, 3.05) is 18.4 Å². The minimum Gasteiger partial charge on any atom is -0.384 e. The van der Waals surface area contributed by atoms with Crippen LogP contribution < -0.4 is 10.6 Å². The summed E-state index contributed by atoms with van der Waals surface area (Å²) in [6, 6.07) is 16.1. The quantitative estimate of drug-likeness (QED) is 0.852. The highest BCUT2D eigenvalue weighted by molar-refractivity contribution is 5.95. The predicted molar refractivity (Wildman–Crippen MR) is 87.8 cm³/mol. The van der Waals surface area contributed by atoms with Gasteiger partial charge >= 0.3 is 0 Å². The maximum Gasteiger partial charge on any atom is 0.251 e. The molecule has 0 atom stereocenters. The predicted octanol–water partition coefficient (Wildman–Crippen LogP) is 3.40. The van der Waals surface area contributed by atoms with E-state index in [1.165, 1.54) is 5.56 Å². The third-order valence-electron chi connectivity index (χ3n) is 3.41. The fraction of sp³-hybridized carbons (Fsp3) is 0.278. The molecule has 21 heavy (non-hydrogen) atoms. The van der Waals surface area contributed by atoms with Gasteiger partial charge < -0.3 is 10.6 Å². The van der Waals surface area contributed by atoms with Gasteiger partial charge in [-0.15, -0.1) is 0 Å². The molecule has 0 aliphatic heterocycles. The van der Waals surface area contributed by atoms with Crippen LogP contribution in [0.15, 0.2) is 48.5 Å². The second kappa shape index (κ2) is 7.48. The molecular formula is C18H22N2O. The fourth-order valence-corrected chi connectivity index (χ4v) is 2.20. The summed E-state index contributed by atoms with van der Waals surface area (Å²) < 4.78 is 0. The van der Waals surface area contributed by atoms with E-state index in [-0.39, 0.29) is 5.91 Å². The minimum atomic E-state index is -0.0244. The lowest BCUT2D eigenvalue weighted by atomic mass is 10.1. The lowest BCUT2D eigenvalue weighted by Gasteiger charge is -2.11. The number of amides is 1. The van der Waals surface area contributed by atoms with Crippen LogP contribution in [-0.4, -0.2) is 19.0 Å². The smallest absolute Gasteiger partial charge is 0.251 e. The van der Waals surface area contributed by atoms with Crippen LogP contribution in [0.3, 0.4) is 0 Å². The van der Waals surface area contributed by atoms with E-state index >= 15 is 0 Å². The van der Waals surface area contributed by atoms with Crippen molar-refractivity contribution in [1.29, 1.82) is 0 Å². The van der Waals surface area contributed by atoms with Crippen molar-refractivity contribution < 1.29 is 4.79 Å². The Morgan fingerprint density at radius 3 is 2.57 bits per heavy atom. The SMILES string of the molecule is CCNC(=O)c1ccc(C)c(NCCc2ccccc2)c1. The first-order valence-corrected chi connectivity index (χ1v) is 7.37. The number of hydrogen-bond acceptors (Lipinski definition) is 2. The molecule has 110 valence electrons. The second-order valence-electron chi connectivity index (χ2n) is 5.05.